The molecule has 2 rings (SSSR count). The minimum atomic E-state index is -0.480. The average molecular weight is 264 g/mol. The van der Waals surface area contributed by atoms with Gasteiger partial charge in [0.05, 0.1) is 25.8 Å². The van der Waals surface area contributed by atoms with Gasteiger partial charge in [0.1, 0.15) is 0 Å². The number of nitriles is 1. The van der Waals surface area contributed by atoms with Crippen molar-refractivity contribution in [1.82, 2.24) is 15.0 Å². The molecular formula is C11H16N6O2. The number of nitrogens with zero attached hydrogens (tertiary/aromatic N) is 5. The third-order valence-corrected chi connectivity index (χ3v) is 2.55. The van der Waals surface area contributed by atoms with Gasteiger partial charge in [-0.1, -0.05) is 6.92 Å². The molecule has 0 bridgehead atoms. The average Bonchev–Trinajstić information content (AvgIpc) is 2.44. The molecule has 0 radical (unpaired) electrons. The van der Waals surface area contributed by atoms with Crippen LogP contribution in [0, 0.1) is 11.3 Å². The van der Waals surface area contributed by atoms with Crippen LogP contribution in [-0.4, -0.2) is 47.4 Å². The van der Waals surface area contributed by atoms with Gasteiger partial charge in [0.25, 0.3) is 0 Å². The van der Waals surface area contributed by atoms with Gasteiger partial charge in [-0.2, -0.15) is 20.2 Å². The minimum absolute atomic E-state index is 0.108. The summed E-state index contributed by atoms with van der Waals surface area (Å²) in [5.74, 6) is 0.526. The van der Waals surface area contributed by atoms with E-state index in [0.29, 0.717) is 32.3 Å². The summed E-state index contributed by atoms with van der Waals surface area (Å²) in [6.07, 6.45) is 0.376. The second-order valence-electron chi connectivity index (χ2n) is 4.06. The van der Waals surface area contributed by atoms with Crippen LogP contribution >= 0.6 is 0 Å². The Kier molecular flexibility index (Phi) is 4.30. The fraction of sp³-hybridized carbons (Fsp3) is 0.636. The quantitative estimate of drug-likeness (QED) is 0.807. The summed E-state index contributed by atoms with van der Waals surface area (Å²) in [6, 6.07) is 2.28. The Balaban J connectivity index is 2.14. The van der Waals surface area contributed by atoms with Gasteiger partial charge in [0, 0.05) is 6.54 Å². The van der Waals surface area contributed by atoms with E-state index in [1.54, 1.807) is 0 Å². The molecule has 2 N–H and O–H groups in total. The molecule has 8 nitrogen and oxygen atoms in total. The first-order valence-electron chi connectivity index (χ1n) is 6.13. The fourth-order valence-corrected chi connectivity index (χ4v) is 1.67. The number of morpholine rings is 1. The molecule has 1 unspecified atom stereocenters. The normalized spacial score (nSPS) is 18.9. The van der Waals surface area contributed by atoms with E-state index >= 15 is 0 Å². The van der Waals surface area contributed by atoms with E-state index in [0.717, 1.165) is 6.42 Å². The fourth-order valence-electron chi connectivity index (χ4n) is 1.67. The third kappa shape index (κ3) is 3.42. The van der Waals surface area contributed by atoms with Gasteiger partial charge >= 0.3 is 6.01 Å². The zero-order chi connectivity index (χ0) is 13.7. The summed E-state index contributed by atoms with van der Waals surface area (Å²) in [5, 5.41) is 8.88. The van der Waals surface area contributed by atoms with E-state index in [9.17, 15) is 0 Å². The molecule has 102 valence electrons. The van der Waals surface area contributed by atoms with Crippen molar-refractivity contribution in [2.24, 2.45) is 0 Å². The van der Waals surface area contributed by atoms with Crippen LogP contribution in [0.2, 0.25) is 0 Å². The predicted octanol–water partition coefficient (Wildman–Crippen LogP) is -0.0286. The first kappa shape index (κ1) is 13.3. The highest BCUT2D eigenvalue weighted by atomic mass is 16.5. The van der Waals surface area contributed by atoms with Crippen molar-refractivity contribution in [2.75, 3.05) is 36.9 Å². The molecule has 1 aromatic heterocycles. The first-order valence-corrected chi connectivity index (χ1v) is 6.13. The largest absolute Gasteiger partial charge is 0.463 e. The van der Waals surface area contributed by atoms with Crippen molar-refractivity contribution in [3.05, 3.63) is 0 Å². The number of ether oxygens (including phenoxy) is 2. The monoisotopic (exact) mass is 264 g/mol. The van der Waals surface area contributed by atoms with Crippen LogP contribution in [0.4, 0.5) is 11.9 Å². The Labute approximate surface area is 111 Å². The lowest BCUT2D eigenvalue weighted by Crippen LogP contribution is -2.42. The maximum atomic E-state index is 8.88. The van der Waals surface area contributed by atoms with Gasteiger partial charge in [-0.05, 0) is 6.42 Å². The number of aromatic nitrogens is 3. The molecule has 0 spiro atoms. The Morgan fingerprint density at radius 3 is 3.11 bits per heavy atom. The van der Waals surface area contributed by atoms with Crippen molar-refractivity contribution in [1.29, 1.82) is 5.26 Å². The molecule has 1 atom stereocenters. The smallest absolute Gasteiger partial charge is 0.323 e. The molecule has 2 heterocycles. The maximum absolute atomic E-state index is 8.88. The van der Waals surface area contributed by atoms with Crippen molar-refractivity contribution in [3.63, 3.8) is 0 Å². The molecule has 19 heavy (non-hydrogen) atoms. The van der Waals surface area contributed by atoms with Gasteiger partial charge < -0.3 is 20.1 Å². The second-order valence-corrected chi connectivity index (χ2v) is 4.06. The van der Waals surface area contributed by atoms with E-state index < -0.39 is 6.10 Å². The van der Waals surface area contributed by atoms with Crippen LogP contribution in [0.5, 0.6) is 6.01 Å². The summed E-state index contributed by atoms with van der Waals surface area (Å²) in [5.41, 5.74) is 5.64. The number of hydrogen-bond donors (Lipinski definition) is 1. The number of nitrogens with two attached hydrogens (primary N) is 1. The molecule has 1 aliphatic rings. The SMILES string of the molecule is CCCOc1nc(N)nc(N2CCOC(C#N)C2)n1. The lowest BCUT2D eigenvalue weighted by molar-refractivity contribution is 0.0757. The molecule has 1 aromatic rings. The van der Waals surface area contributed by atoms with Crippen LogP contribution in [0.1, 0.15) is 13.3 Å². The minimum Gasteiger partial charge on any atom is -0.463 e. The summed E-state index contributed by atoms with van der Waals surface area (Å²) in [6.45, 7) is 3.98. The topological polar surface area (TPSA) is 110 Å². The van der Waals surface area contributed by atoms with Gasteiger partial charge in [0.15, 0.2) is 6.10 Å². The number of rotatable bonds is 4. The predicted molar refractivity (Wildman–Crippen MR) is 67.6 cm³/mol. The van der Waals surface area contributed by atoms with Crippen LogP contribution < -0.4 is 15.4 Å². The van der Waals surface area contributed by atoms with E-state index in [1.807, 2.05) is 11.8 Å². The number of nitrogen functional groups attached to an aromatic ring is 1. The van der Waals surface area contributed by atoms with Crippen molar-refractivity contribution in [3.8, 4) is 12.1 Å². The van der Waals surface area contributed by atoms with Crippen molar-refractivity contribution in [2.45, 2.75) is 19.4 Å². The summed E-state index contributed by atoms with van der Waals surface area (Å²) in [4.78, 5) is 14.0. The molecule has 1 saturated heterocycles. The molecule has 8 heteroatoms. The Morgan fingerprint density at radius 1 is 1.53 bits per heavy atom. The van der Waals surface area contributed by atoms with Gasteiger partial charge in [-0.25, -0.2) is 0 Å². The van der Waals surface area contributed by atoms with Gasteiger partial charge in [-0.15, -0.1) is 0 Å². The summed E-state index contributed by atoms with van der Waals surface area (Å²) >= 11 is 0. The van der Waals surface area contributed by atoms with Crippen LogP contribution in [-0.2, 0) is 4.74 Å². The number of hydrogen-bond acceptors (Lipinski definition) is 8. The van der Waals surface area contributed by atoms with Crippen molar-refractivity contribution < 1.29 is 9.47 Å². The molecular weight excluding hydrogens is 248 g/mol. The lowest BCUT2D eigenvalue weighted by Gasteiger charge is -2.29. The molecule has 1 fully saturated rings. The summed E-state index contributed by atoms with van der Waals surface area (Å²) in [7, 11) is 0. The maximum Gasteiger partial charge on any atom is 0.323 e. The van der Waals surface area contributed by atoms with Crippen molar-refractivity contribution >= 4 is 11.9 Å². The highest BCUT2D eigenvalue weighted by molar-refractivity contribution is 5.37. The van der Waals surface area contributed by atoms with E-state index in [-0.39, 0.29) is 12.0 Å². The Bertz CT molecular complexity index is 475. The first-order chi connectivity index (χ1) is 9.22. The van der Waals surface area contributed by atoms with E-state index in [1.165, 1.54) is 0 Å². The zero-order valence-electron chi connectivity index (χ0n) is 10.7. The Hall–Kier alpha value is -2.14. The lowest BCUT2D eigenvalue weighted by atomic mass is 10.3. The second kappa shape index (κ2) is 6.15. The molecule has 0 aliphatic carbocycles. The zero-order valence-corrected chi connectivity index (χ0v) is 10.7. The standard InChI is InChI=1S/C11H16N6O2/c1-2-4-19-11-15-9(13)14-10(16-11)17-3-5-18-8(6-12)7-17/h8H,2-5,7H2,1H3,(H2,13,14,15,16). The van der Waals surface area contributed by atoms with Crippen LogP contribution in [0.15, 0.2) is 0 Å². The molecule has 1 aliphatic heterocycles. The van der Waals surface area contributed by atoms with Gasteiger partial charge in [0.2, 0.25) is 11.9 Å². The third-order valence-electron chi connectivity index (χ3n) is 2.55. The molecule has 0 saturated carbocycles. The van der Waals surface area contributed by atoms with Gasteiger partial charge in [-0.3, -0.25) is 0 Å². The summed E-state index contributed by atoms with van der Waals surface area (Å²) < 4.78 is 10.6. The molecule has 0 aromatic carbocycles. The highest BCUT2D eigenvalue weighted by Crippen LogP contribution is 2.16. The van der Waals surface area contributed by atoms with Crippen LogP contribution in [0.3, 0.4) is 0 Å². The van der Waals surface area contributed by atoms with E-state index in [4.69, 9.17) is 20.5 Å². The van der Waals surface area contributed by atoms with E-state index in [2.05, 4.69) is 21.0 Å². The Morgan fingerprint density at radius 2 is 2.37 bits per heavy atom. The number of anilines is 2. The van der Waals surface area contributed by atoms with Crippen LogP contribution in [0.25, 0.3) is 0 Å². The molecule has 0 amide bonds. The highest BCUT2D eigenvalue weighted by Gasteiger charge is 2.23.